The fourth-order valence-electron chi connectivity index (χ4n) is 3.38. The molecule has 30 heavy (non-hydrogen) atoms. The van der Waals surface area contributed by atoms with E-state index >= 15 is 0 Å². The summed E-state index contributed by atoms with van der Waals surface area (Å²) in [5.74, 6) is 0.829. The molecule has 1 aliphatic rings. The summed E-state index contributed by atoms with van der Waals surface area (Å²) in [5, 5.41) is 0. The molecule has 0 amide bonds. The van der Waals surface area contributed by atoms with Gasteiger partial charge in [0.05, 0.1) is 17.6 Å². The molecule has 0 atom stereocenters. The molecule has 1 fully saturated rings. The highest BCUT2D eigenvalue weighted by atomic mass is 79.9. The van der Waals surface area contributed by atoms with E-state index in [4.69, 9.17) is 4.42 Å². The predicted molar refractivity (Wildman–Crippen MR) is 115 cm³/mol. The molecule has 1 aliphatic heterocycles. The van der Waals surface area contributed by atoms with Crippen LogP contribution in [-0.4, -0.2) is 48.8 Å². The molecule has 0 saturated carbocycles. The quantitative estimate of drug-likeness (QED) is 0.536. The van der Waals surface area contributed by atoms with Crippen molar-refractivity contribution in [3.63, 3.8) is 0 Å². The van der Waals surface area contributed by atoms with Crippen LogP contribution >= 0.6 is 15.9 Å². The molecule has 9 heteroatoms. The Morgan fingerprint density at radius 1 is 1.10 bits per heavy atom. The molecule has 0 bridgehead atoms. The molecule has 3 aromatic rings. The molecule has 1 aromatic heterocycles. The van der Waals surface area contributed by atoms with E-state index in [0.29, 0.717) is 49.3 Å². The van der Waals surface area contributed by atoms with Crippen molar-refractivity contribution in [2.45, 2.75) is 18.4 Å². The van der Waals surface area contributed by atoms with Crippen molar-refractivity contribution < 1.29 is 17.2 Å². The van der Waals surface area contributed by atoms with E-state index in [1.807, 2.05) is 6.92 Å². The lowest BCUT2D eigenvalue weighted by molar-refractivity contribution is 0.168. The number of hydrogen-bond donors (Lipinski definition) is 0. The molecule has 0 aliphatic carbocycles. The monoisotopic (exact) mass is 493 g/mol. The van der Waals surface area contributed by atoms with Crippen LogP contribution in [0.1, 0.15) is 11.5 Å². The molecule has 1 saturated heterocycles. The molecule has 6 nitrogen and oxygen atoms in total. The third kappa shape index (κ3) is 4.49. The number of rotatable bonds is 5. The highest BCUT2D eigenvalue weighted by molar-refractivity contribution is 9.10. The van der Waals surface area contributed by atoms with Crippen molar-refractivity contribution in [3.05, 3.63) is 70.4 Å². The number of benzene rings is 2. The Labute approximate surface area is 183 Å². The summed E-state index contributed by atoms with van der Waals surface area (Å²) in [7, 11) is -3.52. The lowest BCUT2D eigenvalue weighted by atomic mass is 10.2. The number of piperazine rings is 1. The van der Waals surface area contributed by atoms with E-state index in [1.165, 1.54) is 16.4 Å². The van der Waals surface area contributed by atoms with Crippen molar-refractivity contribution in [2.24, 2.45) is 0 Å². The zero-order valence-corrected chi connectivity index (χ0v) is 18.8. The summed E-state index contributed by atoms with van der Waals surface area (Å²) in [6, 6.07) is 11.1. The van der Waals surface area contributed by atoms with Crippen LogP contribution in [0.15, 0.2) is 62.4 Å². The number of oxazole rings is 1. The smallest absolute Gasteiger partial charge is 0.243 e. The summed E-state index contributed by atoms with van der Waals surface area (Å²) >= 11 is 3.40. The van der Waals surface area contributed by atoms with Crippen LogP contribution < -0.4 is 0 Å². The first-order valence-electron chi connectivity index (χ1n) is 9.52. The molecular weight excluding hydrogens is 473 g/mol. The lowest BCUT2D eigenvalue weighted by Gasteiger charge is -2.33. The molecular formula is C21H21BrFN3O3S. The van der Waals surface area contributed by atoms with E-state index in [-0.39, 0.29) is 5.82 Å². The maximum absolute atomic E-state index is 13.1. The molecule has 2 heterocycles. The Morgan fingerprint density at radius 3 is 2.47 bits per heavy atom. The van der Waals surface area contributed by atoms with Crippen LogP contribution in [0.5, 0.6) is 0 Å². The van der Waals surface area contributed by atoms with E-state index in [1.54, 1.807) is 36.5 Å². The second-order valence-electron chi connectivity index (χ2n) is 7.22. The van der Waals surface area contributed by atoms with E-state index in [2.05, 4.69) is 25.8 Å². The van der Waals surface area contributed by atoms with Gasteiger partial charge in [-0.2, -0.15) is 4.31 Å². The normalized spacial score (nSPS) is 16.1. The zero-order valence-electron chi connectivity index (χ0n) is 16.4. The van der Waals surface area contributed by atoms with E-state index in [0.717, 1.165) is 15.6 Å². The third-order valence-electron chi connectivity index (χ3n) is 5.14. The van der Waals surface area contributed by atoms with Gasteiger partial charge in [-0.15, -0.1) is 0 Å². The first-order valence-corrected chi connectivity index (χ1v) is 11.8. The number of aryl methyl sites for hydroxylation is 1. The Kier molecular flexibility index (Phi) is 6.06. The molecule has 2 aromatic carbocycles. The Balaban J connectivity index is 1.38. The van der Waals surface area contributed by atoms with Gasteiger partial charge in [0, 0.05) is 36.2 Å². The largest absolute Gasteiger partial charge is 0.439 e. The van der Waals surface area contributed by atoms with Gasteiger partial charge >= 0.3 is 0 Å². The highest BCUT2D eigenvalue weighted by Crippen LogP contribution is 2.24. The first kappa shape index (κ1) is 21.2. The fraction of sp³-hybridized carbons (Fsp3) is 0.286. The number of nitrogens with zero attached hydrogens (tertiary/aromatic N) is 3. The lowest BCUT2D eigenvalue weighted by Crippen LogP contribution is -2.48. The van der Waals surface area contributed by atoms with E-state index in [9.17, 15) is 12.8 Å². The van der Waals surface area contributed by atoms with Gasteiger partial charge in [0.15, 0.2) is 5.76 Å². The van der Waals surface area contributed by atoms with Gasteiger partial charge in [-0.05, 0) is 55.0 Å². The van der Waals surface area contributed by atoms with Gasteiger partial charge < -0.3 is 4.42 Å². The van der Waals surface area contributed by atoms with Gasteiger partial charge in [0.2, 0.25) is 15.9 Å². The van der Waals surface area contributed by atoms with Crippen LogP contribution in [0, 0.1) is 12.7 Å². The Hall–Kier alpha value is -2.07. The molecule has 158 valence electrons. The summed E-state index contributed by atoms with van der Waals surface area (Å²) in [5.41, 5.74) is 1.64. The third-order valence-corrected chi connectivity index (χ3v) is 7.92. The minimum atomic E-state index is -3.52. The average molecular weight is 494 g/mol. The first-order chi connectivity index (χ1) is 14.3. The summed E-state index contributed by atoms with van der Waals surface area (Å²) in [6.07, 6.45) is 1.62. The van der Waals surface area contributed by atoms with Crippen molar-refractivity contribution in [2.75, 3.05) is 26.2 Å². The standard InChI is InChI=1S/C21H21BrFN3O3S/c1-15-12-18(6-7-19(15)22)30(27,28)26-10-8-25(9-11-26)14-21-24-13-20(29-21)16-2-4-17(23)5-3-16/h2-7,12-13H,8-11,14H2,1H3. The van der Waals surface area contributed by atoms with Crippen LogP contribution in [0.4, 0.5) is 4.39 Å². The minimum absolute atomic E-state index is 0.301. The number of aromatic nitrogens is 1. The van der Waals surface area contributed by atoms with Crippen LogP contribution in [0.3, 0.4) is 0 Å². The molecule has 4 rings (SSSR count). The minimum Gasteiger partial charge on any atom is -0.439 e. The molecule has 0 N–H and O–H groups in total. The molecule has 0 unspecified atom stereocenters. The zero-order chi connectivity index (χ0) is 21.3. The van der Waals surface area contributed by atoms with Gasteiger partial charge in [0.1, 0.15) is 5.82 Å². The molecule has 0 radical (unpaired) electrons. The van der Waals surface area contributed by atoms with Gasteiger partial charge in [-0.3, -0.25) is 4.90 Å². The maximum atomic E-state index is 13.1. The molecule has 0 spiro atoms. The second kappa shape index (κ2) is 8.58. The predicted octanol–water partition coefficient (Wildman–Crippen LogP) is 4.06. The average Bonchev–Trinajstić information content (AvgIpc) is 3.19. The summed E-state index contributed by atoms with van der Waals surface area (Å²) in [4.78, 5) is 6.73. The van der Waals surface area contributed by atoms with Crippen LogP contribution in [0.2, 0.25) is 0 Å². The Bertz CT molecular complexity index is 1140. The van der Waals surface area contributed by atoms with Gasteiger partial charge in [-0.1, -0.05) is 15.9 Å². The summed E-state index contributed by atoms with van der Waals surface area (Å²) in [6.45, 7) is 4.35. The van der Waals surface area contributed by atoms with Crippen LogP contribution in [0.25, 0.3) is 11.3 Å². The van der Waals surface area contributed by atoms with E-state index < -0.39 is 10.0 Å². The van der Waals surface area contributed by atoms with Gasteiger partial charge in [0.25, 0.3) is 0 Å². The van der Waals surface area contributed by atoms with Crippen molar-refractivity contribution in [3.8, 4) is 11.3 Å². The SMILES string of the molecule is Cc1cc(S(=O)(=O)N2CCN(Cc3ncc(-c4ccc(F)cc4)o3)CC2)ccc1Br. The Morgan fingerprint density at radius 2 is 1.80 bits per heavy atom. The van der Waals surface area contributed by atoms with Crippen molar-refractivity contribution in [1.82, 2.24) is 14.2 Å². The van der Waals surface area contributed by atoms with Gasteiger partial charge in [-0.25, -0.2) is 17.8 Å². The summed E-state index contributed by atoms with van der Waals surface area (Å²) < 4.78 is 47.1. The second-order valence-corrected chi connectivity index (χ2v) is 10.0. The topological polar surface area (TPSA) is 66.7 Å². The van der Waals surface area contributed by atoms with Crippen molar-refractivity contribution in [1.29, 1.82) is 0 Å². The van der Waals surface area contributed by atoms with Crippen molar-refractivity contribution >= 4 is 26.0 Å². The highest BCUT2D eigenvalue weighted by Gasteiger charge is 2.29. The number of sulfonamides is 1. The number of halogens is 2. The van der Waals surface area contributed by atoms with Crippen LogP contribution in [-0.2, 0) is 16.6 Å². The fourth-order valence-corrected chi connectivity index (χ4v) is 5.13. The maximum Gasteiger partial charge on any atom is 0.243 e. The number of hydrogen-bond acceptors (Lipinski definition) is 5.